The van der Waals surface area contributed by atoms with E-state index in [0.29, 0.717) is 12.3 Å². The summed E-state index contributed by atoms with van der Waals surface area (Å²) in [5.41, 5.74) is 2.73. The van der Waals surface area contributed by atoms with Crippen molar-refractivity contribution in [3.8, 4) is 5.75 Å². The molecule has 0 aromatic heterocycles. The lowest BCUT2D eigenvalue weighted by atomic mass is 10.1. The molecule has 1 fully saturated rings. The van der Waals surface area contributed by atoms with Gasteiger partial charge in [-0.2, -0.15) is 0 Å². The Morgan fingerprint density at radius 2 is 2.00 bits per heavy atom. The van der Waals surface area contributed by atoms with E-state index in [1.54, 1.807) is 0 Å². The van der Waals surface area contributed by atoms with E-state index in [4.69, 9.17) is 4.74 Å². The highest BCUT2D eigenvalue weighted by Gasteiger charge is 2.40. The van der Waals surface area contributed by atoms with Crippen molar-refractivity contribution in [3.63, 3.8) is 0 Å². The van der Waals surface area contributed by atoms with Gasteiger partial charge in [0.15, 0.2) is 0 Å². The Kier molecular flexibility index (Phi) is 2.15. The molecule has 3 aliphatic rings. The van der Waals surface area contributed by atoms with Gasteiger partial charge in [0.05, 0.1) is 18.9 Å². The molecule has 2 bridgehead atoms. The normalized spacial score (nSPS) is 25.9. The van der Waals surface area contributed by atoms with Crippen LogP contribution in [-0.4, -0.2) is 6.61 Å². The van der Waals surface area contributed by atoms with Gasteiger partial charge in [0, 0.05) is 0 Å². The maximum atomic E-state index is 5.68. The molecule has 3 heteroatoms. The number of hydrogen-bond donors (Lipinski definition) is 2. The van der Waals surface area contributed by atoms with E-state index in [2.05, 4.69) is 35.8 Å². The SMILES string of the molecule is CCCCOc1ccc2c(c1)C1NC2N1. The van der Waals surface area contributed by atoms with Crippen molar-refractivity contribution in [2.45, 2.75) is 32.1 Å². The number of benzene rings is 1. The van der Waals surface area contributed by atoms with Gasteiger partial charge in [-0.15, -0.1) is 0 Å². The fraction of sp³-hybridized carbons (Fsp3) is 0.500. The molecule has 0 unspecified atom stereocenters. The van der Waals surface area contributed by atoms with E-state index in [-0.39, 0.29) is 0 Å². The molecular weight excluding hydrogens is 188 g/mol. The molecule has 0 amide bonds. The molecule has 1 aromatic carbocycles. The summed E-state index contributed by atoms with van der Waals surface area (Å²) in [6.45, 7) is 3.00. The fourth-order valence-electron chi connectivity index (χ4n) is 2.18. The largest absolute Gasteiger partial charge is 0.494 e. The highest BCUT2D eigenvalue weighted by molar-refractivity contribution is 5.45. The topological polar surface area (TPSA) is 33.3 Å². The maximum Gasteiger partial charge on any atom is 0.119 e. The van der Waals surface area contributed by atoms with Crippen LogP contribution in [0.25, 0.3) is 0 Å². The maximum absolute atomic E-state index is 5.68. The monoisotopic (exact) mass is 204 g/mol. The minimum Gasteiger partial charge on any atom is -0.494 e. The van der Waals surface area contributed by atoms with Crippen LogP contribution in [0, 0.1) is 0 Å². The Labute approximate surface area is 89.8 Å². The molecule has 3 aliphatic heterocycles. The van der Waals surface area contributed by atoms with Crippen molar-refractivity contribution in [1.82, 2.24) is 10.6 Å². The first kappa shape index (κ1) is 9.19. The number of hydrogen-bond acceptors (Lipinski definition) is 3. The first-order valence-electron chi connectivity index (χ1n) is 5.67. The summed E-state index contributed by atoms with van der Waals surface area (Å²) in [6, 6.07) is 6.38. The van der Waals surface area contributed by atoms with E-state index in [0.717, 1.165) is 18.8 Å². The standard InChI is InChI=1S/C12H16N2O/c1-2-3-6-15-8-4-5-9-10(7-8)12-13-11(9)14-12/h4-5,7,11-14H,2-3,6H2,1H3. The summed E-state index contributed by atoms with van der Waals surface area (Å²) in [5.74, 6) is 0.998. The second-order valence-electron chi connectivity index (χ2n) is 4.19. The lowest BCUT2D eigenvalue weighted by molar-refractivity contribution is 0.247. The molecule has 3 heterocycles. The third-order valence-corrected chi connectivity index (χ3v) is 3.11. The minimum atomic E-state index is 0.361. The average molecular weight is 204 g/mol. The Balaban J connectivity index is 1.73. The van der Waals surface area contributed by atoms with E-state index in [1.807, 2.05) is 0 Å². The lowest BCUT2D eigenvalue weighted by Gasteiger charge is -2.28. The third kappa shape index (κ3) is 1.43. The van der Waals surface area contributed by atoms with Gasteiger partial charge in [0.1, 0.15) is 5.75 Å². The van der Waals surface area contributed by atoms with Gasteiger partial charge in [-0.05, 0) is 29.7 Å². The molecule has 0 aliphatic carbocycles. The number of ether oxygens (including phenoxy) is 1. The number of unbranched alkanes of at least 4 members (excludes halogenated alkanes) is 1. The smallest absolute Gasteiger partial charge is 0.119 e. The van der Waals surface area contributed by atoms with Crippen molar-refractivity contribution in [2.75, 3.05) is 6.61 Å². The van der Waals surface area contributed by atoms with Crippen LogP contribution in [0.15, 0.2) is 18.2 Å². The average Bonchev–Trinajstić information content (AvgIpc) is 2.69. The zero-order valence-electron chi connectivity index (χ0n) is 8.92. The van der Waals surface area contributed by atoms with E-state index < -0.39 is 0 Å². The van der Waals surface area contributed by atoms with Crippen LogP contribution in [0.2, 0.25) is 0 Å². The van der Waals surface area contributed by atoms with Crippen molar-refractivity contribution >= 4 is 0 Å². The predicted octanol–water partition coefficient (Wildman–Crippen LogP) is 2.07. The zero-order valence-corrected chi connectivity index (χ0v) is 8.92. The molecule has 2 N–H and O–H groups in total. The molecule has 0 spiro atoms. The summed E-state index contributed by atoms with van der Waals surface area (Å²) in [7, 11) is 0. The molecule has 1 saturated heterocycles. The van der Waals surface area contributed by atoms with Crippen LogP contribution in [-0.2, 0) is 0 Å². The van der Waals surface area contributed by atoms with Crippen molar-refractivity contribution in [1.29, 1.82) is 0 Å². The fourth-order valence-corrected chi connectivity index (χ4v) is 2.18. The summed E-state index contributed by atoms with van der Waals surface area (Å²) in [4.78, 5) is 0. The van der Waals surface area contributed by atoms with Crippen LogP contribution < -0.4 is 15.4 Å². The summed E-state index contributed by atoms with van der Waals surface area (Å²) < 4.78 is 5.68. The van der Waals surface area contributed by atoms with Gasteiger partial charge in [0.25, 0.3) is 0 Å². The van der Waals surface area contributed by atoms with Gasteiger partial charge < -0.3 is 4.74 Å². The Morgan fingerprint density at radius 3 is 2.80 bits per heavy atom. The molecule has 0 saturated carbocycles. The molecule has 1 aromatic rings. The second kappa shape index (κ2) is 3.51. The zero-order chi connectivity index (χ0) is 10.3. The first-order valence-corrected chi connectivity index (χ1v) is 5.67. The molecule has 15 heavy (non-hydrogen) atoms. The third-order valence-electron chi connectivity index (χ3n) is 3.11. The van der Waals surface area contributed by atoms with E-state index >= 15 is 0 Å². The highest BCUT2D eigenvalue weighted by Crippen LogP contribution is 2.40. The molecular formula is C12H16N2O. The second-order valence-corrected chi connectivity index (χ2v) is 4.19. The lowest BCUT2D eigenvalue weighted by Crippen LogP contribution is -2.47. The van der Waals surface area contributed by atoms with E-state index in [9.17, 15) is 0 Å². The first-order chi connectivity index (χ1) is 7.38. The summed E-state index contributed by atoms with van der Waals surface area (Å²) >= 11 is 0. The number of rotatable bonds is 4. The van der Waals surface area contributed by atoms with Gasteiger partial charge in [-0.25, -0.2) is 0 Å². The Morgan fingerprint density at radius 1 is 1.20 bits per heavy atom. The highest BCUT2D eigenvalue weighted by atomic mass is 16.5. The molecule has 4 rings (SSSR count). The summed E-state index contributed by atoms with van der Waals surface area (Å²) in [5, 5.41) is 6.82. The van der Waals surface area contributed by atoms with E-state index in [1.165, 1.54) is 17.5 Å². The number of nitrogens with one attached hydrogen (secondary N) is 2. The molecule has 3 nitrogen and oxygen atoms in total. The summed E-state index contributed by atoms with van der Waals surface area (Å²) in [6.07, 6.45) is 3.05. The van der Waals surface area contributed by atoms with Crippen LogP contribution in [0.1, 0.15) is 43.2 Å². The molecule has 0 radical (unpaired) electrons. The van der Waals surface area contributed by atoms with Crippen molar-refractivity contribution in [3.05, 3.63) is 29.3 Å². The predicted molar refractivity (Wildman–Crippen MR) is 58.6 cm³/mol. The Bertz CT molecular complexity index is 372. The quantitative estimate of drug-likeness (QED) is 0.737. The van der Waals surface area contributed by atoms with Crippen molar-refractivity contribution in [2.24, 2.45) is 0 Å². The Hall–Kier alpha value is -1.06. The van der Waals surface area contributed by atoms with Gasteiger partial charge >= 0.3 is 0 Å². The minimum absolute atomic E-state index is 0.361. The molecule has 0 atom stereocenters. The molecule has 80 valence electrons. The van der Waals surface area contributed by atoms with Crippen LogP contribution in [0.3, 0.4) is 0 Å². The van der Waals surface area contributed by atoms with Gasteiger partial charge in [-0.3, -0.25) is 10.6 Å². The van der Waals surface area contributed by atoms with Crippen LogP contribution >= 0.6 is 0 Å². The van der Waals surface area contributed by atoms with Crippen molar-refractivity contribution < 1.29 is 4.74 Å². The van der Waals surface area contributed by atoms with Crippen LogP contribution in [0.4, 0.5) is 0 Å². The van der Waals surface area contributed by atoms with Gasteiger partial charge in [0.2, 0.25) is 0 Å². The van der Waals surface area contributed by atoms with Gasteiger partial charge in [-0.1, -0.05) is 19.4 Å². The van der Waals surface area contributed by atoms with Crippen LogP contribution in [0.5, 0.6) is 5.75 Å².